The Morgan fingerprint density at radius 2 is 1.86 bits per heavy atom. The monoisotopic (exact) mass is 515 g/mol. The summed E-state index contributed by atoms with van der Waals surface area (Å²) in [7, 11) is 0. The van der Waals surface area contributed by atoms with Crippen LogP contribution in [0.1, 0.15) is 57.4 Å². The van der Waals surface area contributed by atoms with Gasteiger partial charge in [-0.2, -0.15) is 0 Å². The minimum Gasteiger partial charge on any atom is -0.381 e. The molecule has 1 saturated carbocycles. The summed E-state index contributed by atoms with van der Waals surface area (Å²) in [5, 5.41) is 6.88. The molecule has 0 aromatic heterocycles. The Kier molecular flexibility index (Phi) is 11.3. The number of hydrogen-bond acceptors (Lipinski definition) is 3. The first-order valence-corrected chi connectivity index (χ1v) is 11.1. The molecule has 0 radical (unpaired) electrons. The van der Waals surface area contributed by atoms with Crippen LogP contribution in [-0.2, 0) is 14.9 Å². The van der Waals surface area contributed by atoms with Gasteiger partial charge in [0.15, 0.2) is 5.96 Å². The molecule has 1 aliphatic heterocycles. The summed E-state index contributed by atoms with van der Waals surface area (Å²) in [6, 6.07) is 11.0. The van der Waals surface area contributed by atoms with Crippen molar-refractivity contribution in [1.29, 1.82) is 0 Å². The first-order valence-electron chi connectivity index (χ1n) is 11.1. The second-order valence-corrected chi connectivity index (χ2v) is 8.01. The van der Waals surface area contributed by atoms with Crippen LogP contribution in [0.3, 0.4) is 0 Å². The highest BCUT2D eigenvalue weighted by molar-refractivity contribution is 14.0. The Hall–Kier alpha value is -0.860. The van der Waals surface area contributed by atoms with Gasteiger partial charge < -0.3 is 20.1 Å². The first-order chi connectivity index (χ1) is 13.8. The number of guanidine groups is 1. The van der Waals surface area contributed by atoms with Crippen molar-refractivity contribution >= 4 is 29.9 Å². The van der Waals surface area contributed by atoms with Gasteiger partial charge in [-0.3, -0.25) is 4.99 Å². The summed E-state index contributed by atoms with van der Waals surface area (Å²) in [6.07, 6.45) is 8.50. The number of ether oxygens (including phenoxy) is 2. The summed E-state index contributed by atoms with van der Waals surface area (Å²) in [5.41, 5.74) is 1.65. The van der Waals surface area contributed by atoms with Crippen LogP contribution in [-0.4, -0.2) is 51.5 Å². The average Bonchev–Trinajstić information content (AvgIpc) is 3.23. The number of benzene rings is 1. The van der Waals surface area contributed by atoms with Gasteiger partial charge >= 0.3 is 0 Å². The Labute approximate surface area is 193 Å². The van der Waals surface area contributed by atoms with E-state index in [1.54, 1.807) is 0 Å². The summed E-state index contributed by atoms with van der Waals surface area (Å²) in [4.78, 5) is 4.97. The van der Waals surface area contributed by atoms with Crippen molar-refractivity contribution in [2.75, 3.05) is 39.5 Å². The molecule has 2 N–H and O–H groups in total. The van der Waals surface area contributed by atoms with E-state index < -0.39 is 0 Å². The van der Waals surface area contributed by atoms with Gasteiger partial charge in [-0.25, -0.2) is 0 Å². The van der Waals surface area contributed by atoms with Crippen LogP contribution < -0.4 is 10.6 Å². The largest absolute Gasteiger partial charge is 0.381 e. The lowest BCUT2D eigenvalue weighted by Crippen LogP contribution is -2.39. The molecule has 6 heteroatoms. The molecule has 0 bridgehead atoms. The van der Waals surface area contributed by atoms with Crippen molar-refractivity contribution in [3.63, 3.8) is 0 Å². The van der Waals surface area contributed by atoms with Crippen LogP contribution >= 0.6 is 24.0 Å². The molecule has 29 heavy (non-hydrogen) atoms. The van der Waals surface area contributed by atoms with Crippen LogP contribution in [0.15, 0.2) is 35.3 Å². The third kappa shape index (κ3) is 7.72. The van der Waals surface area contributed by atoms with E-state index in [9.17, 15) is 0 Å². The molecule has 1 aromatic carbocycles. The van der Waals surface area contributed by atoms with E-state index in [0.717, 1.165) is 64.7 Å². The van der Waals surface area contributed by atoms with Gasteiger partial charge in [0.2, 0.25) is 0 Å². The predicted molar refractivity (Wildman–Crippen MR) is 130 cm³/mol. The van der Waals surface area contributed by atoms with Crippen molar-refractivity contribution in [2.45, 2.75) is 63.4 Å². The molecule has 2 aliphatic rings. The van der Waals surface area contributed by atoms with E-state index in [-0.39, 0.29) is 29.4 Å². The molecule has 5 nitrogen and oxygen atoms in total. The lowest BCUT2D eigenvalue weighted by atomic mass is 9.79. The molecular formula is C23H38IN3O2. The highest BCUT2D eigenvalue weighted by Crippen LogP contribution is 2.41. The molecule has 0 atom stereocenters. The van der Waals surface area contributed by atoms with Crippen LogP contribution in [0.5, 0.6) is 0 Å². The first kappa shape index (κ1) is 24.4. The second-order valence-electron chi connectivity index (χ2n) is 8.01. The molecule has 1 aromatic rings. The van der Waals surface area contributed by atoms with Gasteiger partial charge in [0.25, 0.3) is 0 Å². The zero-order valence-electron chi connectivity index (χ0n) is 17.8. The minimum absolute atomic E-state index is 0. The number of hydrogen-bond donors (Lipinski definition) is 2. The van der Waals surface area contributed by atoms with Crippen molar-refractivity contribution in [3.8, 4) is 0 Å². The number of rotatable bonds is 9. The van der Waals surface area contributed by atoms with Gasteiger partial charge in [0.1, 0.15) is 0 Å². The summed E-state index contributed by atoms with van der Waals surface area (Å²) < 4.78 is 11.3. The van der Waals surface area contributed by atoms with E-state index in [4.69, 9.17) is 14.5 Å². The van der Waals surface area contributed by atoms with Crippen LogP contribution in [0.4, 0.5) is 0 Å². The van der Waals surface area contributed by atoms with E-state index in [1.807, 2.05) is 0 Å². The number of halogens is 1. The summed E-state index contributed by atoms with van der Waals surface area (Å²) in [5.74, 6) is 0.927. The van der Waals surface area contributed by atoms with E-state index in [1.165, 1.54) is 31.2 Å². The van der Waals surface area contributed by atoms with Crippen molar-refractivity contribution in [3.05, 3.63) is 35.9 Å². The highest BCUT2D eigenvalue weighted by Gasteiger charge is 2.35. The van der Waals surface area contributed by atoms with Gasteiger partial charge in [-0.15, -0.1) is 24.0 Å². The van der Waals surface area contributed by atoms with Gasteiger partial charge in [-0.05, 0) is 44.6 Å². The molecule has 0 unspecified atom stereocenters. The molecule has 1 aliphatic carbocycles. The summed E-state index contributed by atoms with van der Waals surface area (Å²) in [6.45, 7) is 7.20. The lowest BCUT2D eigenvalue weighted by molar-refractivity contribution is -0.0320. The lowest BCUT2D eigenvalue weighted by Gasteiger charge is -2.28. The molecule has 0 spiro atoms. The zero-order valence-corrected chi connectivity index (χ0v) is 20.2. The fraction of sp³-hybridized carbons (Fsp3) is 0.696. The van der Waals surface area contributed by atoms with Crippen molar-refractivity contribution in [2.24, 2.45) is 4.99 Å². The topological polar surface area (TPSA) is 54.9 Å². The molecule has 0 amide bonds. The standard InChI is InChI=1S/C23H37N3O2.HI/c1-2-24-22(25-15-8-16-28-21-11-17-27-18-12-21)26-19-23(13-6-7-14-23)20-9-4-3-5-10-20;/h3-5,9-10,21H,2,6-8,11-19H2,1H3,(H2,24,25,26);1H. The quantitative estimate of drug-likeness (QED) is 0.224. The number of nitrogens with one attached hydrogen (secondary N) is 2. The van der Waals surface area contributed by atoms with E-state index in [0.29, 0.717) is 6.10 Å². The fourth-order valence-corrected chi connectivity index (χ4v) is 4.33. The number of aliphatic imine (C=N–C) groups is 1. The molecule has 3 rings (SSSR count). The number of nitrogens with zero attached hydrogens (tertiary/aromatic N) is 1. The average molecular weight is 515 g/mol. The van der Waals surface area contributed by atoms with E-state index >= 15 is 0 Å². The Bertz CT molecular complexity index is 585. The third-order valence-corrected chi connectivity index (χ3v) is 5.97. The van der Waals surface area contributed by atoms with Gasteiger partial charge in [0.05, 0.1) is 12.6 Å². The molecule has 2 fully saturated rings. The maximum atomic E-state index is 5.96. The predicted octanol–water partition coefficient (Wildman–Crippen LogP) is 4.26. The summed E-state index contributed by atoms with van der Waals surface area (Å²) >= 11 is 0. The molecular weight excluding hydrogens is 477 g/mol. The van der Waals surface area contributed by atoms with Gasteiger partial charge in [0, 0.05) is 38.3 Å². The second kappa shape index (κ2) is 13.4. The van der Waals surface area contributed by atoms with Gasteiger partial charge in [-0.1, -0.05) is 43.2 Å². The zero-order chi connectivity index (χ0) is 19.5. The van der Waals surface area contributed by atoms with Crippen molar-refractivity contribution < 1.29 is 9.47 Å². The Morgan fingerprint density at radius 3 is 2.55 bits per heavy atom. The highest BCUT2D eigenvalue weighted by atomic mass is 127. The van der Waals surface area contributed by atoms with E-state index in [2.05, 4.69) is 47.9 Å². The smallest absolute Gasteiger partial charge is 0.191 e. The molecule has 1 heterocycles. The minimum atomic E-state index is 0. The van der Waals surface area contributed by atoms with Crippen LogP contribution in [0.2, 0.25) is 0 Å². The Morgan fingerprint density at radius 1 is 1.14 bits per heavy atom. The fourth-order valence-electron chi connectivity index (χ4n) is 4.33. The SMILES string of the molecule is CCNC(=NCC1(c2ccccc2)CCCC1)NCCCOC1CCOCC1.I. The Balaban J connectivity index is 0.00000300. The molecule has 1 saturated heterocycles. The van der Waals surface area contributed by atoms with Crippen LogP contribution in [0.25, 0.3) is 0 Å². The maximum absolute atomic E-state index is 5.96. The van der Waals surface area contributed by atoms with Crippen molar-refractivity contribution in [1.82, 2.24) is 10.6 Å². The molecule has 164 valence electrons. The normalized spacial score (nSPS) is 19.6. The third-order valence-electron chi connectivity index (χ3n) is 5.97. The maximum Gasteiger partial charge on any atom is 0.191 e. The van der Waals surface area contributed by atoms with Crippen LogP contribution in [0, 0.1) is 0 Å².